The molecule has 0 saturated carbocycles. The Morgan fingerprint density at radius 1 is 1.17 bits per heavy atom. The van der Waals surface area contributed by atoms with Gasteiger partial charge < -0.3 is 24.4 Å². The van der Waals surface area contributed by atoms with Crippen molar-refractivity contribution >= 4 is 11.6 Å². The Balaban J connectivity index is 1.49. The third-order valence-electron chi connectivity index (χ3n) is 4.15. The van der Waals surface area contributed by atoms with Gasteiger partial charge in [-0.2, -0.15) is 0 Å². The lowest BCUT2D eigenvalue weighted by molar-refractivity contribution is -0.914. The van der Waals surface area contributed by atoms with E-state index in [1.54, 1.807) is 0 Å². The van der Waals surface area contributed by atoms with Crippen molar-refractivity contribution in [3.8, 4) is 11.5 Å². The lowest BCUT2D eigenvalue weighted by Gasteiger charge is -2.32. The number of anilines is 1. The highest BCUT2D eigenvalue weighted by atomic mass is 16.6. The van der Waals surface area contributed by atoms with Gasteiger partial charge in [-0.15, -0.1) is 0 Å². The van der Waals surface area contributed by atoms with E-state index in [4.69, 9.17) is 14.2 Å². The molecule has 2 aliphatic rings. The molecular weight excluding hydrogens is 296 g/mol. The molecule has 2 heterocycles. The molecule has 6 heteroatoms. The van der Waals surface area contributed by atoms with Crippen LogP contribution in [0.4, 0.5) is 5.69 Å². The summed E-state index contributed by atoms with van der Waals surface area (Å²) in [6.45, 7) is 8.03. The normalized spacial score (nSPS) is 26.6. The van der Waals surface area contributed by atoms with Crippen LogP contribution in [0.2, 0.25) is 0 Å². The second-order valence-corrected chi connectivity index (χ2v) is 6.32. The first-order valence-corrected chi connectivity index (χ1v) is 8.28. The number of carbonyl (C=O) groups excluding carboxylic acids is 1. The van der Waals surface area contributed by atoms with Gasteiger partial charge in [0.25, 0.3) is 0 Å². The number of quaternary nitrogens is 1. The minimum absolute atomic E-state index is 0.0287. The van der Waals surface area contributed by atoms with E-state index in [2.05, 4.69) is 19.2 Å². The summed E-state index contributed by atoms with van der Waals surface area (Å²) < 4.78 is 16.7. The van der Waals surface area contributed by atoms with Crippen LogP contribution in [0.25, 0.3) is 0 Å². The number of ether oxygens (including phenoxy) is 3. The zero-order chi connectivity index (χ0) is 16.2. The summed E-state index contributed by atoms with van der Waals surface area (Å²) in [5.41, 5.74) is 0.748. The van der Waals surface area contributed by atoms with Gasteiger partial charge >= 0.3 is 0 Å². The second-order valence-electron chi connectivity index (χ2n) is 6.32. The van der Waals surface area contributed by atoms with E-state index in [0.29, 0.717) is 25.4 Å². The third-order valence-corrected chi connectivity index (χ3v) is 4.15. The van der Waals surface area contributed by atoms with Crippen LogP contribution in [0.3, 0.4) is 0 Å². The fourth-order valence-electron chi connectivity index (χ4n) is 3.23. The number of nitrogens with one attached hydrogen (secondary N) is 2. The number of hydrogen-bond donors (Lipinski definition) is 2. The molecule has 0 bridgehead atoms. The number of fused-ring (bicyclic) bond motifs is 1. The minimum atomic E-state index is 0.0287. The fraction of sp³-hybridized carbons (Fsp3) is 0.588. The van der Waals surface area contributed by atoms with Gasteiger partial charge in [-0.1, -0.05) is 0 Å². The molecule has 1 amide bonds. The quantitative estimate of drug-likeness (QED) is 0.847. The van der Waals surface area contributed by atoms with Crippen LogP contribution in [0.15, 0.2) is 18.2 Å². The van der Waals surface area contributed by atoms with E-state index in [0.717, 1.165) is 31.1 Å². The van der Waals surface area contributed by atoms with Crippen LogP contribution >= 0.6 is 0 Å². The van der Waals surface area contributed by atoms with Crippen LogP contribution in [0, 0.1) is 0 Å². The van der Waals surface area contributed by atoms with Gasteiger partial charge in [0.15, 0.2) is 11.5 Å². The maximum Gasteiger partial charge on any atom is 0.230 e. The van der Waals surface area contributed by atoms with Gasteiger partial charge in [-0.05, 0) is 26.0 Å². The molecule has 23 heavy (non-hydrogen) atoms. The Morgan fingerprint density at radius 3 is 2.61 bits per heavy atom. The van der Waals surface area contributed by atoms with Crippen molar-refractivity contribution in [1.82, 2.24) is 0 Å². The number of amides is 1. The molecular formula is C17H25N2O4+. The fourth-order valence-corrected chi connectivity index (χ4v) is 3.23. The Bertz CT molecular complexity index is 554. The largest absolute Gasteiger partial charge is 0.486 e. The van der Waals surface area contributed by atoms with E-state index in [9.17, 15) is 4.79 Å². The molecule has 1 saturated heterocycles. The predicted octanol–water partition coefficient (Wildman–Crippen LogP) is 0.479. The van der Waals surface area contributed by atoms with Gasteiger partial charge in [0, 0.05) is 11.8 Å². The molecule has 0 spiro atoms. The zero-order valence-electron chi connectivity index (χ0n) is 13.8. The summed E-state index contributed by atoms with van der Waals surface area (Å²) in [4.78, 5) is 13.6. The Morgan fingerprint density at radius 2 is 1.87 bits per heavy atom. The lowest BCUT2D eigenvalue weighted by atomic mass is 10.2. The summed E-state index contributed by atoms with van der Waals surface area (Å²) in [6, 6.07) is 5.50. The summed E-state index contributed by atoms with van der Waals surface area (Å²) in [5.74, 6) is 1.45. The Hall–Kier alpha value is -1.79. The van der Waals surface area contributed by atoms with Crippen LogP contribution < -0.4 is 19.7 Å². The molecule has 2 N–H and O–H groups in total. The minimum Gasteiger partial charge on any atom is -0.486 e. The molecule has 1 aromatic carbocycles. The highest BCUT2D eigenvalue weighted by molar-refractivity contribution is 5.91. The van der Waals surface area contributed by atoms with E-state index in [1.807, 2.05) is 18.2 Å². The van der Waals surface area contributed by atoms with Crippen molar-refractivity contribution in [3.63, 3.8) is 0 Å². The Kier molecular flexibility index (Phi) is 5.03. The average molecular weight is 321 g/mol. The van der Waals surface area contributed by atoms with Gasteiger partial charge in [0.05, 0.1) is 13.0 Å². The number of morpholine rings is 1. The topological polar surface area (TPSA) is 61.2 Å². The molecule has 6 nitrogen and oxygen atoms in total. The first-order chi connectivity index (χ1) is 11.1. The highest BCUT2D eigenvalue weighted by Gasteiger charge is 2.25. The highest BCUT2D eigenvalue weighted by Crippen LogP contribution is 2.32. The van der Waals surface area contributed by atoms with Crippen molar-refractivity contribution < 1.29 is 23.9 Å². The summed E-state index contributed by atoms with van der Waals surface area (Å²) in [5, 5.41) is 2.93. The first kappa shape index (κ1) is 16.1. The molecule has 3 rings (SSSR count). The molecule has 126 valence electrons. The van der Waals surface area contributed by atoms with Crippen molar-refractivity contribution in [1.29, 1.82) is 0 Å². The van der Waals surface area contributed by atoms with E-state index in [-0.39, 0.29) is 18.1 Å². The van der Waals surface area contributed by atoms with Crippen LogP contribution in [0.5, 0.6) is 11.5 Å². The van der Waals surface area contributed by atoms with E-state index in [1.165, 1.54) is 4.90 Å². The molecule has 1 aromatic rings. The van der Waals surface area contributed by atoms with Gasteiger partial charge in [0.1, 0.15) is 38.5 Å². The van der Waals surface area contributed by atoms with Crippen molar-refractivity contribution in [2.75, 3.05) is 38.2 Å². The van der Waals surface area contributed by atoms with Gasteiger partial charge in [0.2, 0.25) is 5.91 Å². The SMILES string of the molecule is C[C@H]1C[NH+](CCC(=O)Nc2ccc3c(c2)OCCO3)C[C@H](C)O1. The molecule has 1 fully saturated rings. The lowest BCUT2D eigenvalue weighted by Crippen LogP contribution is -3.15. The summed E-state index contributed by atoms with van der Waals surface area (Å²) in [6.07, 6.45) is 1.02. The molecule has 0 aromatic heterocycles. The number of benzene rings is 1. The standard InChI is InChI=1S/C17H24N2O4/c1-12-10-19(11-13(2)23-12)6-5-17(20)18-14-3-4-15-16(9-14)22-8-7-21-15/h3-4,9,12-13H,5-8,10-11H2,1-2H3,(H,18,20)/p+1/t12-,13-/m0/s1. The second kappa shape index (κ2) is 7.19. The van der Waals surface area contributed by atoms with Crippen molar-refractivity contribution in [2.24, 2.45) is 0 Å². The number of hydrogen-bond acceptors (Lipinski definition) is 4. The number of carbonyl (C=O) groups is 1. The smallest absolute Gasteiger partial charge is 0.230 e. The van der Waals surface area contributed by atoms with Crippen LogP contribution in [-0.2, 0) is 9.53 Å². The summed E-state index contributed by atoms with van der Waals surface area (Å²) in [7, 11) is 0. The summed E-state index contributed by atoms with van der Waals surface area (Å²) >= 11 is 0. The molecule has 0 unspecified atom stereocenters. The van der Waals surface area contributed by atoms with Crippen LogP contribution in [-0.4, -0.2) is 51.0 Å². The molecule has 2 atom stereocenters. The van der Waals surface area contributed by atoms with Gasteiger partial charge in [-0.3, -0.25) is 4.79 Å². The predicted molar refractivity (Wildman–Crippen MR) is 86.3 cm³/mol. The van der Waals surface area contributed by atoms with Crippen molar-refractivity contribution in [3.05, 3.63) is 18.2 Å². The van der Waals surface area contributed by atoms with Crippen LogP contribution in [0.1, 0.15) is 20.3 Å². The molecule has 2 aliphatic heterocycles. The molecule has 0 radical (unpaired) electrons. The van der Waals surface area contributed by atoms with E-state index < -0.39 is 0 Å². The van der Waals surface area contributed by atoms with Crippen molar-refractivity contribution in [2.45, 2.75) is 32.5 Å². The first-order valence-electron chi connectivity index (χ1n) is 8.28. The van der Waals surface area contributed by atoms with Gasteiger partial charge in [-0.25, -0.2) is 0 Å². The maximum atomic E-state index is 12.2. The Labute approximate surface area is 136 Å². The average Bonchev–Trinajstić information content (AvgIpc) is 2.52. The van der Waals surface area contributed by atoms with E-state index >= 15 is 0 Å². The molecule has 0 aliphatic carbocycles. The third kappa shape index (κ3) is 4.36. The number of rotatable bonds is 4. The monoisotopic (exact) mass is 321 g/mol. The zero-order valence-corrected chi connectivity index (χ0v) is 13.8. The maximum absolute atomic E-state index is 12.2.